The summed E-state index contributed by atoms with van der Waals surface area (Å²) in [6, 6.07) is 0. The largest absolute Gasteiger partial charge is 0.393 e. The van der Waals surface area contributed by atoms with Crippen LogP contribution in [0.5, 0.6) is 0 Å². The second-order valence-electron chi connectivity index (χ2n) is 6.02. The van der Waals surface area contributed by atoms with Gasteiger partial charge in [0.2, 0.25) is 0 Å². The molecule has 4 atom stereocenters. The van der Waals surface area contributed by atoms with Crippen LogP contribution in [0, 0.1) is 6.92 Å². The van der Waals surface area contributed by atoms with Gasteiger partial charge in [-0.25, -0.2) is 4.79 Å². The van der Waals surface area contributed by atoms with Gasteiger partial charge in [0, 0.05) is 31.9 Å². The third-order valence-corrected chi connectivity index (χ3v) is 4.76. The van der Waals surface area contributed by atoms with Gasteiger partial charge in [-0.2, -0.15) is 0 Å². The van der Waals surface area contributed by atoms with Crippen LogP contribution in [-0.4, -0.2) is 64.0 Å². The first-order chi connectivity index (χ1) is 10.9. The van der Waals surface area contributed by atoms with E-state index in [0.29, 0.717) is 5.56 Å². The van der Waals surface area contributed by atoms with E-state index < -0.39 is 41.4 Å². The standard InChI is InChI=1S/C14H20N2O7/c1-8-5-16(12(19)15-10(8)18)11-9(21-2)14(20)3-4-22-7-13(14,6-17)23-11/h5,9,11,17,20H,3-4,6-7H2,1-2H3,(H,15,18,19)/t9-,11+,13-,14-/m0/s1. The van der Waals surface area contributed by atoms with Gasteiger partial charge >= 0.3 is 5.69 Å². The van der Waals surface area contributed by atoms with Crippen LogP contribution < -0.4 is 11.2 Å². The van der Waals surface area contributed by atoms with Crippen LogP contribution in [0.2, 0.25) is 0 Å². The molecule has 0 amide bonds. The highest BCUT2D eigenvalue weighted by Crippen LogP contribution is 2.49. The number of rotatable bonds is 3. The van der Waals surface area contributed by atoms with Gasteiger partial charge in [0.1, 0.15) is 17.3 Å². The molecule has 3 heterocycles. The zero-order valence-corrected chi connectivity index (χ0v) is 12.9. The molecule has 23 heavy (non-hydrogen) atoms. The number of nitrogens with one attached hydrogen (secondary N) is 1. The van der Waals surface area contributed by atoms with Crippen molar-refractivity contribution in [2.75, 3.05) is 26.9 Å². The average molecular weight is 328 g/mol. The van der Waals surface area contributed by atoms with E-state index >= 15 is 0 Å². The Morgan fingerprint density at radius 1 is 1.52 bits per heavy atom. The van der Waals surface area contributed by atoms with Crippen LogP contribution in [0.15, 0.2) is 15.8 Å². The zero-order valence-electron chi connectivity index (χ0n) is 12.9. The fourth-order valence-corrected chi connectivity index (χ4v) is 3.39. The van der Waals surface area contributed by atoms with Gasteiger partial charge in [0.25, 0.3) is 5.56 Å². The van der Waals surface area contributed by atoms with E-state index in [1.807, 2.05) is 0 Å². The number of methoxy groups -OCH3 is 1. The molecule has 2 aliphatic heterocycles. The third-order valence-electron chi connectivity index (χ3n) is 4.76. The maximum atomic E-state index is 12.1. The SMILES string of the molecule is CO[C@H]1[C@H](n2cc(C)c(=O)[nH]c2=O)O[C@@]2(CO)COCC[C@]12O. The molecule has 9 heteroatoms. The maximum Gasteiger partial charge on any atom is 0.330 e. The van der Waals surface area contributed by atoms with Crippen molar-refractivity contribution in [1.82, 2.24) is 9.55 Å². The number of aliphatic hydroxyl groups excluding tert-OH is 1. The van der Waals surface area contributed by atoms with Gasteiger partial charge in [-0.05, 0) is 6.92 Å². The molecule has 0 aliphatic carbocycles. The average Bonchev–Trinajstić information content (AvgIpc) is 2.79. The van der Waals surface area contributed by atoms with Gasteiger partial charge in [0.15, 0.2) is 6.23 Å². The first-order valence-corrected chi connectivity index (χ1v) is 7.32. The number of aryl methyl sites for hydroxylation is 1. The molecule has 0 bridgehead atoms. The quantitative estimate of drug-likeness (QED) is 0.602. The van der Waals surface area contributed by atoms with E-state index in [2.05, 4.69) is 4.98 Å². The van der Waals surface area contributed by atoms with Crippen LogP contribution in [0.4, 0.5) is 0 Å². The van der Waals surface area contributed by atoms with Gasteiger partial charge in [0.05, 0.1) is 13.2 Å². The highest BCUT2D eigenvalue weighted by Gasteiger charge is 2.67. The predicted molar refractivity (Wildman–Crippen MR) is 77.2 cm³/mol. The third kappa shape index (κ3) is 2.19. The molecule has 2 fully saturated rings. The molecule has 9 nitrogen and oxygen atoms in total. The van der Waals surface area contributed by atoms with Crippen LogP contribution >= 0.6 is 0 Å². The minimum atomic E-state index is -1.51. The Labute approximate surface area is 131 Å². The van der Waals surface area contributed by atoms with Crippen molar-refractivity contribution in [1.29, 1.82) is 0 Å². The molecule has 128 valence electrons. The minimum absolute atomic E-state index is 0.0204. The molecule has 3 rings (SSSR count). The Balaban J connectivity index is 2.12. The number of fused-ring (bicyclic) bond motifs is 1. The normalized spacial score (nSPS) is 36.9. The number of hydrogen-bond acceptors (Lipinski definition) is 7. The molecule has 2 saturated heterocycles. The summed E-state index contributed by atoms with van der Waals surface area (Å²) in [5.74, 6) is 0. The molecule has 0 radical (unpaired) electrons. The summed E-state index contributed by atoms with van der Waals surface area (Å²) in [5, 5.41) is 20.9. The smallest absolute Gasteiger partial charge is 0.330 e. The monoisotopic (exact) mass is 328 g/mol. The number of H-pyrrole nitrogens is 1. The maximum absolute atomic E-state index is 12.1. The lowest BCUT2D eigenvalue weighted by atomic mass is 9.77. The Bertz CT molecular complexity index is 714. The van der Waals surface area contributed by atoms with Crippen molar-refractivity contribution < 1.29 is 24.4 Å². The number of ether oxygens (including phenoxy) is 3. The lowest BCUT2D eigenvalue weighted by Crippen LogP contribution is -2.64. The Morgan fingerprint density at radius 2 is 2.26 bits per heavy atom. The van der Waals surface area contributed by atoms with E-state index in [0.717, 1.165) is 0 Å². The van der Waals surface area contributed by atoms with Crippen molar-refractivity contribution >= 4 is 0 Å². The van der Waals surface area contributed by atoms with Crippen molar-refractivity contribution in [3.8, 4) is 0 Å². The summed E-state index contributed by atoms with van der Waals surface area (Å²) in [6.45, 7) is 1.33. The van der Waals surface area contributed by atoms with Crippen LogP contribution in [0.25, 0.3) is 0 Å². The van der Waals surface area contributed by atoms with Crippen LogP contribution in [0.1, 0.15) is 18.2 Å². The molecule has 1 aromatic heterocycles. The molecule has 1 aromatic rings. The lowest BCUT2D eigenvalue weighted by Gasteiger charge is -2.44. The molecule has 0 unspecified atom stereocenters. The summed E-state index contributed by atoms with van der Waals surface area (Å²) in [7, 11) is 1.39. The zero-order chi connectivity index (χ0) is 16.8. The lowest BCUT2D eigenvalue weighted by molar-refractivity contribution is -0.227. The summed E-state index contributed by atoms with van der Waals surface area (Å²) in [4.78, 5) is 25.9. The topological polar surface area (TPSA) is 123 Å². The van der Waals surface area contributed by atoms with Crippen molar-refractivity contribution in [3.63, 3.8) is 0 Å². The number of nitrogens with zero attached hydrogens (tertiary/aromatic N) is 1. The van der Waals surface area contributed by atoms with Gasteiger partial charge in [-0.1, -0.05) is 0 Å². The second-order valence-corrected chi connectivity index (χ2v) is 6.02. The Hall–Kier alpha value is -1.52. The number of aliphatic hydroxyl groups is 2. The molecular formula is C14H20N2O7. The summed E-state index contributed by atoms with van der Waals surface area (Å²) in [5.41, 5.74) is -3.75. The van der Waals surface area contributed by atoms with Crippen molar-refractivity contribution in [2.24, 2.45) is 0 Å². The van der Waals surface area contributed by atoms with Crippen LogP contribution in [0.3, 0.4) is 0 Å². The van der Waals surface area contributed by atoms with E-state index in [9.17, 15) is 19.8 Å². The highest BCUT2D eigenvalue weighted by molar-refractivity contribution is 5.15. The molecule has 0 saturated carbocycles. The van der Waals surface area contributed by atoms with Crippen LogP contribution in [-0.2, 0) is 14.2 Å². The van der Waals surface area contributed by atoms with Gasteiger partial charge in [-0.3, -0.25) is 14.3 Å². The first kappa shape index (κ1) is 16.3. The Morgan fingerprint density at radius 3 is 2.91 bits per heavy atom. The van der Waals surface area contributed by atoms with Crippen molar-refractivity contribution in [2.45, 2.75) is 36.9 Å². The molecule has 3 N–H and O–H groups in total. The Kier molecular flexibility index (Phi) is 3.93. The highest BCUT2D eigenvalue weighted by atomic mass is 16.6. The number of aromatic nitrogens is 2. The van der Waals surface area contributed by atoms with E-state index in [1.165, 1.54) is 17.9 Å². The van der Waals surface area contributed by atoms with E-state index in [-0.39, 0.29) is 19.6 Å². The molecular weight excluding hydrogens is 308 g/mol. The minimum Gasteiger partial charge on any atom is -0.393 e. The fraction of sp³-hybridized carbons (Fsp3) is 0.714. The number of aromatic amines is 1. The summed E-state index contributed by atoms with van der Waals surface area (Å²) >= 11 is 0. The predicted octanol–water partition coefficient (Wildman–Crippen LogP) is -1.73. The molecule has 0 aromatic carbocycles. The molecule has 2 aliphatic rings. The van der Waals surface area contributed by atoms with E-state index in [1.54, 1.807) is 6.92 Å². The second kappa shape index (κ2) is 5.53. The van der Waals surface area contributed by atoms with Crippen molar-refractivity contribution in [3.05, 3.63) is 32.6 Å². The first-order valence-electron chi connectivity index (χ1n) is 7.32. The van der Waals surface area contributed by atoms with Gasteiger partial charge < -0.3 is 24.4 Å². The fourth-order valence-electron chi connectivity index (χ4n) is 3.39. The summed E-state index contributed by atoms with van der Waals surface area (Å²) < 4.78 is 17.8. The molecule has 0 spiro atoms. The summed E-state index contributed by atoms with van der Waals surface area (Å²) in [6.07, 6.45) is -0.354. The van der Waals surface area contributed by atoms with Gasteiger partial charge in [-0.15, -0.1) is 0 Å². The number of hydrogen-bond donors (Lipinski definition) is 3. The van der Waals surface area contributed by atoms with E-state index in [4.69, 9.17) is 14.2 Å².